The molecule has 1 spiro atoms. The first-order chi connectivity index (χ1) is 11.8. The van der Waals surface area contributed by atoms with Gasteiger partial charge in [0.25, 0.3) is 0 Å². The lowest BCUT2D eigenvalue weighted by Crippen LogP contribution is -2.50. The summed E-state index contributed by atoms with van der Waals surface area (Å²) in [7, 11) is 0. The van der Waals surface area contributed by atoms with Gasteiger partial charge in [0.05, 0.1) is 0 Å². The fourth-order valence-corrected chi connectivity index (χ4v) is 5.51. The maximum Gasteiger partial charge on any atom is 0.123 e. The summed E-state index contributed by atoms with van der Waals surface area (Å²) in [6, 6.07) is 7.78. The van der Waals surface area contributed by atoms with Gasteiger partial charge in [0.15, 0.2) is 0 Å². The van der Waals surface area contributed by atoms with E-state index in [1.807, 2.05) is 0 Å². The Hall–Kier alpha value is -1.06. The van der Waals surface area contributed by atoms with E-state index in [-0.39, 0.29) is 5.60 Å². The van der Waals surface area contributed by atoms with E-state index in [2.05, 4.69) is 28.0 Å². The number of likely N-dealkylation sites (tertiary alicyclic amines) is 1. The van der Waals surface area contributed by atoms with Crippen molar-refractivity contribution in [2.24, 2.45) is 0 Å². The van der Waals surface area contributed by atoms with Gasteiger partial charge in [-0.1, -0.05) is 18.6 Å². The molecular weight excluding hydrogens is 296 g/mol. The number of hydrogen-bond donors (Lipinski definition) is 0. The van der Waals surface area contributed by atoms with Crippen LogP contribution < -0.4 is 4.74 Å². The molecule has 0 bridgehead atoms. The van der Waals surface area contributed by atoms with E-state index in [1.165, 1.54) is 88.0 Å². The Morgan fingerprint density at radius 3 is 2.88 bits per heavy atom. The molecule has 4 aliphatic rings. The van der Waals surface area contributed by atoms with Crippen LogP contribution in [0.4, 0.5) is 0 Å². The standard InChI is InChI=1S/C21H30N2O/c1-2-9-22(10-3-1)16-17-6-7-20-18(13-17)14-21(24-20)8-12-23-11-4-5-19(23)15-21/h6-7,13,19H,1-5,8-12,14-16H2. The van der Waals surface area contributed by atoms with E-state index in [1.54, 1.807) is 0 Å². The lowest BCUT2D eigenvalue weighted by molar-refractivity contribution is 0.00195. The Labute approximate surface area is 146 Å². The smallest absolute Gasteiger partial charge is 0.123 e. The number of ether oxygens (including phenoxy) is 1. The first-order valence-corrected chi connectivity index (χ1v) is 10.1. The van der Waals surface area contributed by atoms with E-state index in [0.717, 1.165) is 19.0 Å². The van der Waals surface area contributed by atoms with Gasteiger partial charge in [-0.25, -0.2) is 0 Å². The maximum absolute atomic E-state index is 6.55. The minimum absolute atomic E-state index is 0.109. The van der Waals surface area contributed by atoms with Crippen molar-refractivity contribution in [2.75, 3.05) is 26.2 Å². The Bertz CT molecular complexity index is 610. The minimum Gasteiger partial charge on any atom is -0.487 e. The molecule has 0 radical (unpaired) electrons. The number of rotatable bonds is 2. The predicted octanol–water partition coefficient (Wildman–Crippen LogP) is 3.60. The number of benzene rings is 1. The second-order valence-electron chi connectivity index (χ2n) is 8.53. The van der Waals surface area contributed by atoms with Gasteiger partial charge in [-0.3, -0.25) is 4.90 Å². The van der Waals surface area contributed by atoms with Gasteiger partial charge in [0, 0.05) is 38.4 Å². The fraction of sp³-hybridized carbons (Fsp3) is 0.714. The van der Waals surface area contributed by atoms with Gasteiger partial charge in [0.1, 0.15) is 11.4 Å². The highest BCUT2D eigenvalue weighted by Gasteiger charge is 2.46. The van der Waals surface area contributed by atoms with E-state index in [9.17, 15) is 0 Å². The van der Waals surface area contributed by atoms with Crippen LogP contribution in [0.3, 0.4) is 0 Å². The first kappa shape index (κ1) is 15.2. The molecule has 0 aromatic heterocycles. The Balaban J connectivity index is 1.30. The van der Waals surface area contributed by atoms with Crippen molar-refractivity contribution in [1.82, 2.24) is 9.80 Å². The largest absolute Gasteiger partial charge is 0.487 e. The van der Waals surface area contributed by atoms with Gasteiger partial charge >= 0.3 is 0 Å². The summed E-state index contributed by atoms with van der Waals surface area (Å²) in [5.41, 5.74) is 3.06. The molecule has 0 saturated carbocycles. The number of piperidine rings is 2. The molecule has 5 rings (SSSR count). The van der Waals surface area contributed by atoms with E-state index < -0.39 is 0 Å². The molecule has 3 fully saturated rings. The summed E-state index contributed by atoms with van der Waals surface area (Å²) in [5.74, 6) is 1.17. The average Bonchev–Trinajstić information content (AvgIpc) is 3.19. The van der Waals surface area contributed by atoms with Crippen molar-refractivity contribution in [2.45, 2.75) is 69.6 Å². The topological polar surface area (TPSA) is 15.7 Å². The summed E-state index contributed by atoms with van der Waals surface area (Å²) in [6.07, 6.45) is 10.5. The van der Waals surface area contributed by atoms with E-state index in [4.69, 9.17) is 4.74 Å². The predicted molar refractivity (Wildman–Crippen MR) is 96.5 cm³/mol. The molecule has 130 valence electrons. The highest BCUT2D eigenvalue weighted by Crippen LogP contribution is 2.44. The molecule has 0 N–H and O–H groups in total. The molecule has 0 amide bonds. The number of fused-ring (bicyclic) bond motifs is 2. The number of hydrogen-bond acceptors (Lipinski definition) is 3. The first-order valence-electron chi connectivity index (χ1n) is 10.1. The fourth-order valence-electron chi connectivity index (χ4n) is 5.51. The summed E-state index contributed by atoms with van der Waals surface area (Å²) >= 11 is 0. The second-order valence-corrected chi connectivity index (χ2v) is 8.53. The van der Waals surface area contributed by atoms with Crippen LogP contribution in [0.1, 0.15) is 56.1 Å². The highest BCUT2D eigenvalue weighted by molar-refractivity contribution is 5.42. The third kappa shape index (κ3) is 2.76. The molecule has 0 aliphatic carbocycles. The minimum atomic E-state index is 0.109. The van der Waals surface area contributed by atoms with Crippen molar-refractivity contribution in [3.8, 4) is 5.75 Å². The number of nitrogens with zero attached hydrogens (tertiary/aromatic N) is 2. The molecular formula is C21H30N2O. The van der Waals surface area contributed by atoms with E-state index >= 15 is 0 Å². The van der Waals surface area contributed by atoms with Crippen LogP contribution in [0.2, 0.25) is 0 Å². The van der Waals surface area contributed by atoms with Crippen LogP contribution in [0.25, 0.3) is 0 Å². The van der Waals surface area contributed by atoms with Crippen molar-refractivity contribution in [1.29, 1.82) is 0 Å². The second kappa shape index (κ2) is 6.03. The lowest BCUT2D eigenvalue weighted by atomic mass is 9.83. The Morgan fingerprint density at radius 1 is 1.04 bits per heavy atom. The molecule has 4 aliphatic heterocycles. The summed E-state index contributed by atoms with van der Waals surface area (Å²) in [6.45, 7) is 6.22. The van der Waals surface area contributed by atoms with E-state index in [0.29, 0.717) is 0 Å². The molecule has 2 unspecified atom stereocenters. The van der Waals surface area contributed by atoms with Gasteiger partial charge in [-0.2, -0.15) is 0 Å². The molecule has 1 aromatic carbocycles. The van der Waals surface area contributed by atoms with Gasteiger partial charge in [-0.05, 0) is 62.5 Å². The van der Waals surface area contributed by atoms with Crippen molar-refractivity contribution in [3.05, 3.63) is 29.3 Å². The third-order valence-electron chi connectivity index (χ3n) is 6.78. The summed E-state index contributed by atoms with van der Waals surface area (Å²) < 4.78 is 6.55. The normalized spacial score (nSPS) is 33.4. The van der Waals surface area contributed by atoms with Crippen molar-refractivity contribution in [3.63, 3.8) is 0 Å². The third-order valence-corrected chi connectivity index (χ3v) is 6.78. The van der Waals surface area contributed by atoms with Crippen molar-refractivity contribution < 1.29 is 4.74 Å². The van der Waals surface area contributed by atoms with Gasteiger partial charge in [-0.15, -0.1) is 0 Å². The average molecular weight is 326 g/mol. The molecule has 2 atom stereocenters. The summed E-state index contributed by atoms with van der Waals surface area (Å²) in [4.78, 5) is 5.31. The molecule has 1 aromatic rings. The monoisotopic (exact) mass is 326 g/mol. The maximum atomic E-state index is 6.55. The highest BCUT2D eigenvalue weighted by atomic mass is 16.5. The molecule has 3 heteroatoms. The van der Waals surface area contributed by atoms with Crippen LogP contribution in [-0.4, -0.2) is 47.6 Å². The van der Waals surface area contributed by atoms with Crippen LogP contribution in [0.15, 0.2) is 18.2 Å². The zero-order valence-electron chi connectivity index (χ0n) is 14.8. The molecule has 24 heavy (non-hydrogen) atoms. The van der Waals surface area contributed by atoms with Crippen LogP contribution in [0.5, 0.6) is 5.75 Å². The molecule has 3 saturated heterocycles. The SMILES string of the molecule is c1cc2c(cc1CN1CCCCC1)CC1(CCN3CCCC3C1)O2. The van der Waals surface area contributed by atoms with Crippen LogP contribution in [-0.2, 0) is 13.0 Å². The molecule has 4 heterocycles. The van der Waals surface area contributed by atoms with Gasteiger partial charge in [0.2, 0.25) is 0 Å². The summed E-state index contributed by atoms with van der Waals surface area (Å²) in [5, 5.41) is 0. The zero-order valence-corrected chi connectivity index (χ0v) is 14.8. The zero-order chi connectivity index (χ0) is 16.0. The van der Waals surface area contributed by atoms with Crippen LogP contribution >= 0.6 is 0 Å². The lowest BCUT2D eigenvalue weighted by Gasteiger charge is -2.41. The van der Waals surface area contributed by atoms with Gasteiger partial charge < -0.3 is 9.64 Å². The van der Waals surface area contributed by atoms with Crippen LogP contribution in [0, 0.1) is 0 Å². The van der Waals surface area contributed by atoms with Crippen molar-refractivity contribution >= 4 is 0 Å². The Morgan fingerprint density at radius 2 is 1.96 bits per heavy atom. The quantitative estimate of drug-likeness (QED) is 0.826. The molecule has 3 nitrogen and oxygen atoms in total. The Kier molecular flexibility index (Phi) is 3.82.